The molecule has 2 aliphatic rings. The highest BCUT2D eigenvalue weighted by Gasteiger charge is 2.20. The van der Waals surface area contributed by atoms with E-state index in [9.17, 15) is 4.79 Å². The predicted molar refractivity (Wildman–Crippen MR) is 103 cm³/mol. The lowest BCUT2D eigenvalue weighted by Gasteiger charge is -2.32. The Morgan fingerprint density at radius 2 is 1.92 bits per heavy atom. The highest BCUT2D eigenvalue weighted by atomic mass is 16.5. The Labute approximate surface area is 156 Å². The third-order valence-electron chi connectivity index (χ3n) is 5.34. The van der Waals surface area contributed by atoms with Crippen molar-refractivity contribution in [2.75, 3.05) is 45.9 Å². The van der Waals surface area contributed by atoms with Gasteiger partial charge < -0.3 is 20.3 Å². The van der Waals surface area contributed by atoms with Crippen LogP contribution in [-0.4, -0.2) is 67.8 Å². The summed E-state index contributed by atoms with van der Waals surface area (Å²) in [5.74, 6) is 0. The van der Waals surface area contributed by atoms with Crippen LogP contribution < -0.4 is 10.6 Å². The SMILES string of the molecule is CCN1CCCC(NC(=O)NCc2ccccc2CN2CCOCC2)C1. The minimum Gasteiger partial charge on any atom is -0.379 e. The Bertz CT molecular complexity index is 575. The molecule has 6 nitrogen and oxygen atoms in total. The third-order valence-corrected chi connectivity index (χ3v) is 5.34. The fourth-order valence-corrected chi connectivity index (χ4v) is 3.76. The highest BCUT2D eigenvalue weighted by Crippen LogP contribution is 2.13. The number of urea groups is 1. The molecule has 0 radical (unpaired) electrons. The third kappa shape index (κ3) is 5.69. The fraction of sp³-hybridized carbons (Fsp3) is 0.650. The second-order valence-corrected chi connectivity index (χ2v) is 7.22. The van der Waals surface area contributed by atoms with E-state index >= 15 is 0 Å². The number of carbonyl (C=O) groups is 1. The smallest absolute Gasteiger partial charge is 0.315 e. The summed E-state index contributed by atoms with van der Waals surface area (Å²) in [6, 6.07) is 8.57. The van der Waals surface area contributed by atoms with Crippen LogP contribution in [0.1, 0.15) is 30.9 Å². The first-order valence-electron chi connectivity index (χ1n) is 9.88. The molecule has 0 aromatic heterocycles. The van der Waals surface area contributed by atoms with Gasteiger partial charge in [0.2, 0.25) is 0 Å². The summed E-state index contributed by atoms with van der Waals surface area (Å²) in [4.78, 5) is 17.1. The zero-order valence-electron chi connectivity index (χ0n) is 15.9. The van der Waals surface area contributed by atoms with Gasteiger partial charge in [-0.1, -0.05) is 31.2 Å². The molecule has 2 aliphatic heterocycles. The highest BCUT2D eigenvalue weighted by molar-refractivity contribution is 5.74. The number of hydrogen-bond acceptors (Lipinski definition) is 4. The first-order chi connectivity index (χ1) is 12.7. The van der Waals surface area contributed by atoms with E-state index in [1.165, 1.54) is 11.1 Å². The van der Waals surface area contributed by atoms with Gasteiger partial charge in [-0.3, -0.25) is 4.90 Å². The molecule has 2 heterocycles. The van der Waals surface area contributed by atoms with Crippen molar-refractivity contribution in [3.63, 3.8) is 0 Å². The van der Waals surface area contributed by atoms with Gasteiger partial charge in [0.05, 0.1) is 13.2 Å². The summed E-state index contributed by atoms with van der Waals surface area (Å²) in [6.45, 7) is 10.4. The molecular weight excluding hydrogens is 328 g/mol. The lowest BCUT2D eigenvalue weighted by molar-refractivity contribution is 0.0341. The van der Waals surface area contributed by atoms with Crippen LogP contribution in [0.5, 0.6) is 0 Å². The van der Waals surface area contributed by atoms with Gasteiger partial charge in [-0.05, 0) is 37.1 Å². The lowest BCUT2D eigenvalue weighted by atomic mass is 10.1. The van der Waals surface area contributed by atoms with Crippen LogP contribution in [-0.2, 0) is 17.8 Å². The Hall–Kier alpha value is -1.63. The summed E-state index contributed by atoms with van der Waals surface area (Å²) in [7, 11) is 0. The van der Waals surface area contributed by atoms with E-state index < -0.39 is 0 Å². The molecule has 2 amide bonds. The molecule has 6 heteroatoms. The molecule has 26 heavy (non-hydrogen) atoms. The average Bonchev–Trinajstić information content (AvgIpc) is 2.68. The summed E-state index contributed by atoms with van der Waals surface area (Å²) < 4.78 is 5.42. The van der Waals surface area contributed by atoms with E-state index in [0.29, 0.717) is 6.54 Å². The van der Waals surface area contributed by atoms with Crippen LogP contribution in [0.25, 0.3) is 0 Å². The van der Waals surface area contributed by atoms with E-state index in [-0.39, 0.29) is 12.1 Å². The van der Waals surface area contributed by atoms with Crippen LogP contribution in [0.2, 0.25) is 0 Å². The number of amides is 2. The average molecular weight is 361 g/mol. The molecule has 0 spiro atoms. The number of likely N-dealkylation sites (tertiary alicyclic amines) is 1. The second kappa shape index (κ2) is 9.90. The maximum Gasteiger partial charge on any atom is 0.315 e. The minimum atomic E-state index is -0.0610. The minimum absolute atomic E-state index is 0.0610. The van der Waals surface area contributed by atoms with Crippen molar-refractivity contribution >= 4 is 6.03 Å². The largest absolute Gasteiger partial charge is 0.379 e. The van der Waals surface area contributed by atoms with Crippen molar-refractivity contribution < 1.29 is 9.53 Å². The van der Waals surface area contributed by atoms with Crippen molar-refractivity contribution in [3.8, 4) is 0 Å². The number of morpholine rings is 1. The number of carbonyl (C=O) groups excluding carboxylic acids is 1. The van der Waals surface area contributed by atoms with E-state index in [4.69, 9.17) is 4.74 Å². The number of benzene rings is 1. The van der Waals surface area contributed by atoms with E-state index in [0.717, 1.165) is 65.3 Å². The normalized spacial score (nSPS) is 22.1. The Morgan fingerprint density at radius 1 is 1.15 bits per heavy atom. The van der Waals surface area contributed by atoms with Crippen molar-refractivity contribution in [1.82, 2.24) is 20.4 Å². The number of ether oxygens (including phenoxy) is 1. The molecular formula is C20H32N4O2. The first kappa shape index (κ1) is 19.1. The number of piperidine rings is 1. The van der Waals surface area contributed by atoms with Crippen LogP contribution in [0.15, 0.2) is 24.3 Å². The van der Waals surface area contributed by atoms with E-state index in [1.54, 1.807) is 0 Å². The lowest BCUT2D eigenvalue weighted by Crippen LogP contribution is -2.50. The predicted octanol–water partition coefficient (Wildman–Crippen LogP) is 1.80. The monoisotopic (exact) mass is 360 g/mol. The molecule has 0 bridgehead atoms. The summed E-state index contributed by atoms with van der Waals surface area (Å²) in [5.41, 5.74) is 2.47. The Balaban J connectivity index is 1.48. The maximum absolute atomic E-state index is 12.3. The zero-order valence-corrected chi connectivity index (χ0v) is 15.9. The standard InChI is InChI=1S/C20H32N4O2/c1-2-23-9-5-8-19(16-23)22-20(25)21-14-17-6-3-4-7-18(17)15-24-10-12-26-13-11-24/h3-4,6-7,19H,2,5,8-16H2,1H3,(H2,21,22,25). The molecule has 2 fully saturated rings. The van der Waals surface area contributed by atoms with E-state index in [2.05, 4.69) is 45.6 Å². The summed E-state index contributed by atoms with van der Waals surface area (Å²) >= 11 is 0. The second-order valence-electron chi connectivity index (χ2n) is 7.22. The Morgan fingerprint density at radius 3 is 2.69 bits per heavy atom. The zero-order chi connectivity index (χ0) is 18.2. The van der Waals surface area contributed by atoms with Gasteiger partial charge in [0.15, 0.2) is 0 Å². The van der Waals surface area contributed by atoms with Gasteiger partial charge in [0.25, 0.3) is 0 Å². The molecule has 2 saturated heterocycles. The van der Waals surface area contributed by atoms with Crippen molar-refractivity contribution in [3.05, 3.63) is 35.4 Å². The quantitative estimate of drug-likeness (QED) is 0.812. The molecule has 1 unspecified atom stereocenters. The van der Waals surface area contributed by atoms with Gasteiger partial charge in [-0.15, -0.1) is 0 Å². The number of nitrogens with one attached hydrogen (secondary N) is 2. The summed E-state index contributed by atoms with van der Waals surface area (Å²) in [6.07, 6.45) is 2.22. The van der Waals surface area contributed by atoms with Crippen LogP contribution in [0.4, 0.5) is 4.79 Å². The van der Waals surface area contributed by atoms with Crippen LogP contribution in [0, 0.1) is 0 Å². The van der Waals surface area contributed by atoms with Crippen LogP contribution in [0.3, 0.4) is 0 Å². The topological polar surface area (TPSA) is 56.8 Å². The molecule has 1 atom stereocenters. The first-order valence-corrected chi connectivity index (χ1v) is 9.88. The van der Waals surface area contributed by atoms with Gasteiger partial charge in [-0.2, -0.15) is 0 Å². The van der Waals surface area contributed by atoms with Crippen molar-refractivity contribution in [2.45, 2.75) is 38.9 Å². The van der Waals surface area contributed by atoms with Gasteiger partial charge in [-0.25, -0.2) is 4.79 Å². The molecule has 2 N–H and O–H groups in total. The molecule has 0 aliphatic carbocycles. The number of nitrogens with zero attached hydrogens (tertiary/aromatic N) is 2. The van der Waals surface area contributed by atoms with Crippen LogP contribution >= 0.6 is 0 Å². The fourth-order valence-electron chi connectivity index (χ4n) is 3.76. The molecule has 1 aromatic rings. The number of likely N-dealkylation sites (N-methyl/N-ethyl adjacent to an activating group) is 1. The van der Waals surface area contributed by atoms with Gasteiger partial charge >= 0.3 is 6.03 Å². The maximum atomic E-state index is 12.3. The molecule has 0 saturated carbocycles. The van der Waals surface area contributed by atoms with Gasteiger partial charge in [0, 0.05) is 38.8 Å². The summed E-state index contributed by atoms with van der Waals surface area (Å²) in [5, 5.41) is 6.18. The number of rotatable bonds is 6. The molecule has 3 rings (SSSR count). The van der Waals surface area contributed by atoms with Crippen molar-refractivity contribution in [2.24, 2.45) is 0 Å². The van der Waals surface area contributed by atoms with E-state index in [1.807, 2.05) is 6.07 Å². The Kier molecular flexibility index (Phi) is 7.29. The van der Waals surface area contributed by atoms with Crippen molar-refractivity contribution in [1.29, 1.82) is 0 Å². The van der Waals surface area contributed by atoms with Gasteiger partial charge in [0.1, 0.15) is 0 Å². The molecule has 144 valence electrons. The number of hydrogen-bond donors (Lipinski definition) is 2. The molecule has 1 aromatic carbocycles.